The van der Waals surface area contributed by atoms with Crippen molar-refractivity contribution in [3.05, 3.63) is 0 Å². The Balaban J connectivity index is 2.27. The molecule has 0 saturated carbocycles. The third-order valence-electron chi connectivity index (χ3n) is 1.77. The van der Waals surface area contributed by atoms with Crippen LogP contribution in [-0.4, -0.2) is 37.1 Å². The van der Waals surface area contributed by atoms with Crippen molar-refractivity contribution >= 4 is 0 Å². The molecule has 0 aromatic rings. The summed E-state index contributed by atoms with van der Waals surface area (Å²) in [6, 6.07) is 0.599. The predicted molar refractivity (Wildman–Crippen MR) is 42.7 cm³/mol. The van der Waals surface area contributed by atoms with Gasteiger partial charge < -0.3 is 5.32 Å². The van der Waals surface area contributed by atoms with Gasteiger partial charge in [-0.3, -0.25) is 4.90 Å². The van der Waals surface area contributed by atoms with Crippen LogP contribution in [0.2, 0.25) is 0 Å². The van der Waals surface area contributed by atoms with Crippen LogP contribution in [0, 0.1) is 12.3 Å². The lowest BCUT2D eigenvalue weighted by Gasteiger charge is -2.30. The van der Waals surface area contributed by atoms with Gasteiger partial charge in [-0.05, 0) is 6.92 Å². The Kier molecular flexibility index (Phi) is 2.73. The van der Waals surface area contributed by atoms with Crippen LogP contribution in [0.4, 0.5) is 0 Å². The van der Waals surface area contributed by atoms with Crippen molar-refractivity contribution in [2.75, 3.05) is 26.2 Å². The minimum Gasteiger partial charge on any atom is -0.312 e. The lowest BCUT2D eigenvalue weighted by atomic mass is 10.2. The van der Waals surface area contributed by atoms with Gasteiger partial charge in [-0.2, -0.15) is 0 Å². The second-order valence-electron chi connectivity index (χ2n) is 2.79. The largest absolute Gasteiger partial charge is 0.312 e. The summed E-state index contributed by atoms with van der Waals surface area (Å²) in [5.41, 5.74) is 0. The third-order valence-corrected chi connectivity index (χ3v) is 1.77. The second kappa shape index (κ2) is 3.60. The van der Waals surface area contributed by atoms with Gasteiger partial charge in [-0.25, -0.2) is 0 Å². The van der Waals surface area contributed by atoms with Crippen molar-refractivity contribution in [1.29, 1.82) is 0 Å². The zero-order chi connectivity index (χ0) is 7.40. The topological polar surface area (TPSA) is 15.3 Å². The van der Waals surface area contributed by atoms with Gasteiger partial charge in [0.25, 0.3) is 0 Å². The van der Waals surface area contributed by atoms with E-state index in [0.717, 1.165) is 26.2 Å². The van der Waals surface area contributed by atoms with E-state index < -0.39 is 0 Å². The summed E-state index contributed by atoms with van der Waals surface area (Å²) in [6.45, 7) is 6.23. The molecule has 1 heterocycles. The van der Waals surface area contributed by atoms with E-state index in [1.54, 1.807) is 0 Å². The molecule has 56 valence electrons. The average Bonchev–Trinajstić information content (AvgIpc) is 1.88. The molecule has 1 rings (SSSR count). The maximum Gasteiger partial charge on any atom is 0.0599 e. The number of hydrogen-bond acceptors (Lipinski definition) is 2. The fraction of sp³-hybridized carbons (Fsp3) is 0.750. The highest BCUT2D eigenvalue weighted by molar-refractivity contribution is 4.90. The molecule has 1 aliphatic heterocycles. The molecule has 1 aliphatic rings. The molecule has 1 saturated heterocycles. The van der Waals surface area contributed by atoms with Crippen molar-refractivity contribution in [2.45, 2.75) is 13.0 Å². The van der Waals surface area contributed by atoms with Crippen molar-refractivity contribution in [2.24, 2.45) is 0 Å². The van der Waals surface area contributed by atoms with E-state index >= 15 is 0 Å². The highest BCUT2D eigenvalue weighted by atomic mass is 15.2. The molecule has 0 spiro atoms. The lowest BCUT2D eigenvalue weighted by molar-refractivity contribution is 0.229. The molecule has 1 unspecified atom stereocenters. The Bertz CT molecular complexity index is 137. The number of nitrogens with zero attached hydrogens (tertiary/aromatic N) is 1. The summed E-state index contributed by atoms with van der Waals surface area (Å²) in [5.74, 6) is 2.66. The molecule has 2 heteroatoms. The lowest BCUT2D eigenvalue weighted by Crippen LogP contribution is -2.49. The van der Waals surface area contributed by atoms with Crippen LogP contribution in [0.15, 0.2) is 0 Å². The fourth-order valence-corrected chi connectivity index (χ4v) is 1.28. The van der Waals surface area contributed by atoms with Gasteiger partial charge in [0.15, 0.2) is 0 Å². The Morgan fingerprint density at radius 2 is 2.60 bits per heavy atom. The summed E-state index contributed by atoms with van der Waals surface area (Å²) in [5, 5.41) is 3.36. The second-order valence-corrected chi connectivity index (χ2v) is 2.79. The molecule has 2 nitrogen and oxygen atoms in total. The molecule has 0 bridgehead atoms. The van der Waals surface area contributed by atoms with E-state index in [1.807, 2.05) is 0 Å². The van der Waals surface area contributed by atoms with Crippen LogP contribution in [-0.2, 0) is 0 Å². The SMILES string of the molecule is C#CCN1CCNC(C)C1. The molecular weight excluding hydrogens is 124 g/mol. The van der Waals surface area contributed by atoms with Crippen molar-refractivity contribution in [1.82, 2.24) is 10.2 Å². The minimum absolute atomic E-state index is 0.599. The van der Waals surface area contributed by atoms with Gasteiger partial charge in [0.05, 0.1) is 6.54 Å². The third kappa shape index (κ3) is 2.02. The fourth-order valence-electron chi connectivity index (χ4n) is 1.28. The van der Waals surface area contributed by atoms with E-state index in [2.05, 4.69) is 23.1 Å². The van der Waals surface area contributed by atoms with Gasteiger partial charge in [0.2, 0.25) is 0 Å². The first-order chi connectivity index (χ1) is 4.83. The number of hydrogen-bond donors (Lipinski definition) is 1. The molecule has 0 aromatic carbocycles. The summed E-state index contributed by atoms with van der Waals surface area (Å²) in [7, 11) is 0. The average molecular weight is 138 g/mol. The van der Waals surface area contributed by atoms with Crippen molar-refractivity contribution in [3.8, 4) is 12.3 Å². The standard InChI is InChI=1S/C8H14N2/c1-3-5-10-6-4-9-8(2)7-10/h1,8-9H,4-7H2,2H3. The smallest absolute Gasteiger partial charge is 0.0599 e. The van der Waals surface area contributed by atoms with Gasteiger partial charge in [-0.15, -0.1) is 6.42 Å². The number of rotatable bonds is 1. The highest BCUT2D eigenvalue weighted by Gasteiger charge is 2.13. The normalized spacial score (nSPS) is 27.8. The molecular formula is C8H14N2. The maximum atomic E-state index is 5.19. The van der Waals surface area contributed by atoms with Crippen molar-refractivity contribution < 1.29 is 0 Å². The molecule has 1 atom stereocenters. The number of piperazine rings is 1. The van der Waals surface area contributed by atoms with Crippen LogP contribution in [0.3, 0.4) is 0 Å². The Morgan fingerprint density at radius 1 is 1.80 bits per heavy atom. The predicted octanol–water partition coefficient (Wildman–Crippen LogP) is -0.0867. The summed E-state index contributed by atoms with van der Waals surface area (Å²) in [6.07, 6.45) is 5.19. The van der Waals surface area contributed by atoms with E-state index in [1.165, 1.54) is 0 Å². The minimum atomic E-state index is 0.599. The van der Waals surface area contributed by atoms with Gasteiger partial charge in [-0.1, -0.05) is 5.92 Å². The first-order valence-electron chi connectivity index (χ1n) is 3.72. The van der Waals surface area contributed by atoms with E-state index in [4.69, 9.17) is 6.42 Å². The highest BCUT2D eigenvalue weighted by Crippen LogP contribution is 1.96. The van der Waals surface area contributed by atoms with Gasteiger partial charge in [0, 0.05) is 25.7 Å². The monoisotopic (exact) mass is 138 g/mol. The zero-order valence-electron chi connectivity index (χ0n) is 6.43. The molecule has 0 radical (unpaired) electrons. The quantitative estimate of drug-likeness (QED) is 0.510. The summed E-state index contributed by atoms with van der Waals surface area (Å²) >= 11 is 0. The first-order valence-corrected chi connectivity index (χ1v) is 3.72. The number of terminal acetylenes is 1. The molecule has 0 aliphatic carbocycles. The Hall–Kier alpha value is -0.520. The zero-order valence-corrected chi connectivity index (χ0v) is 6.43. The van der Waals surface area contributed by atoms with E-state index in [-0.39, 0.29) is 0 Å². The maximum absolute atomic E-state index is 5.19. The van der Waals surface area contributed by atoms with Crippen molar-refractivity contribution in [3.63, 3.8) is 0 Å². The summed E-state index contributed by atoms with van der Waals surface area (Å²) in [4.78, 5) is 2.29. The summed E-state index contributed by atoms with van der Waals surface area (Å²) < 4.78 is 0. The van der Waals surface area contributed by atoms with Gasteiger partial charge >= 0.3 is 0 Å². The Labute approximate surface area is 62.6 Å². The van der Waals surface area contributed by atoms with Crippen LogP contribution < -0.4 is 5.32 Å². The van der Waals surface area contributed by atoms with Crippen LogP contribution in [0.5, 0.6) is 0 Å². The molecule has 1 fully saturated rings. The molecule has 1 N–H and O–H groups in total. The van der Waals surface area contributed by atoms with E-state index in [0.29, 0.717) is 6.04 Å². The van der Waals surface area contributed by atoms with Crippen LogP contribution in [0.1, 0.15) is 6.92 Å². The van der Waals surface area contributed by atoms with Gasteiger partial charge in [0.1, 0.15) is 0 Å². The van der Waals surface area contributed by atoms with E-state index in [9.17, 15) is 0 Å². The van der Waals surface area contributed by atoms with Crippen LogP contribution >= 0.6 is 0 Å². The first kappa shape index (κ1) is 7.59. The number of nitrogens with one attached hydrogen (secondary N) is 1. The molecule has 10 heavy (non-hydrogen) atoms. The molecule has 0 aromatic heterocycles. The Morgan fingerprint density at radius 3 is 3.20 bits per heavy atom. The van der Waals surface area contributed by atoms with Crippen LogP contribution in [0.25, 0.3) is 0 Å². The molecule has 0 amide bonds.